The third-order valence-corrected chi connectivity index (χ3v) is 3.12. The molecule has 22 heavy (non-hydrogen) atoms. The number of hydrogen-bond donors (Lipinski definition) is 3. The van der Waals surface area contributed by atoms with Crippen LogP contribution >= 0.6 is 11.6 Å². The van der Waals surface area contributed by atoms with E-state index in [4.69, 9.17) is 11.6 Å². The Balaban J connectivity index is 2.05. The Labute approximate surface area is 133 Å². The molecule has 0 unspecified atom stereocenters. The van der Waals surface area contributed by atoms with Crippen LogP contribution in [0.15, 0.2) is 42.5 Å². The molecule has 0 radical (unpaired) electrons. The van der Waals surface area contributed by atoms with E-state index >= 15 is 0 Å². The first-order valence-electron chi connectivity index (χ1n) is 6.66. The second-order valence-electron chi connectivity index (χ2n) is 4.80. The molecule has 0 aliphatic rings. The summed E-state index contributed by atoms with van der Waals surface area (Å²) in [7, 11) is 0. The van der Waals surface area contributed by atoms with Crippen LogP contribution in [0.4, 0.5) is 21.9 Å². The summed E-state index contributed by atoms with van der Waals surface area (Å²) in [6.07, 6.45) is 0. The highest BCUT2D eigenvalue weighted by atomic mass is 35.5. The zero-order valence-corrected chi connectivity index (χ0v) is 13.0. The highest BCUT2D eigenvalue weighted by Crippen LogP contribution is 2.21. The summed E-state index contributed by atoms with van der Waals surface area (Å²) in [6.45, 7) is 3.30. The van der Waals surface area contributed by atoms with Gasteiger partial charge in [-0.25, -0.2) is 4.79 Å². The molecule has 3 N–H and O–H groups in total. The van der Waals surface area contributed by atoms with Crippen LogP contribution in [0.3, 0.4) is 0 Å². The van der Waals surface area contributed by atoms with Crippen LogP contribution in [0.1, 0.15) is 12.5 Å². The van der Waals surface area contributed by atoms with Crippen molar-refractivity contribution < 1.29 is 9.59 Å². The molecule has 114 valence electrons. The van der Waals surface area contributed by atoms with Crippen molar-refractivity contribution in [1.82, 2.24) is 0 Å². The molecule has 2 aromatic rings. The second kappa shape index (κ2) is 6.95. The summed E-state index contributed by atoms with van der Waals surface area (Å²) in [5.41, 5.74) is 2.74. The van der Waals surface area contributed by atoms with Gasteiger partial charge < -0.3 is 16.0 Å². The maximum Gasteiger partial charge on any atom is 0.323 e. The molecule has 0 saturated carbocycles. The van der Waals surface area contributed by atoms with Gasteiger partial charge in [0, 0.05) is 29.0 Å². The molecule has 0 heterocycles. The molecule has 2 aromatic carbocycles. The lowest BCUT2D eigenvalue weighted by Crippen LogP contribution is -2.20. The molecular weight excluding hydrogens is 302 g/mol. The van der Waals surface area contributed by atoms with Crippen LogP contribution < -0.4 is 16.0 Å². The minimum absolute atomic E-state index is 0.170. The zero-order valence-electron chi connectivity index (χ0n) is 12.2. The number of benzene rings is 2. The zero-order chi connectivity index (χ0) is 16.1. The number of hydrogen-bond acceptors (Lipinski definition) is 2. The van der Waals surface area contributed by atoms with E-state index in [-0.39, 0.29) is 11.9 Å². The van der Waals surface area contributed by atoms with Crippen LogP contribution in [0.25, 0.3) is 0 Å². The van der Waals surface area contributed by atoms with Gasteiger partial charge in [-0.15, -0.1) is 0 Å². The van der Waals surface area contributed by atoms with Crippen molar-refractivity contribution in [2.45, 2.75) is 13.8 Å². The second-order valence-corrected chi connectivity index (χ2v) is 5.24. The van der Waals surface area contributed by atoms with Crippen LogP contribution in [0.5, 0.6) is 0 Å². The largest absolute Gasteiger partial charge is 0.326 e. The molecule has 3 amide bonds. The Morgan fingerprint density at radius 1 is 0.955 bits per heavy atom. The monoisotopic (exact) mass is 317 g/mol. The molecule has 0 saturated heterocycles. The van der Waals surface area contributed by atoms with Crippen molar-refractivity contribution in [3.63, 3.8) is 0 Å². The molecule has 0 aromatic heterocycles. The number of anilines is 3. The van der Waals surface area contributed by atoms with Gasteiger partial charge >= 0.3 is 6.03 Å². The number of carbonyl (C=O) groups excluding carboxylic acids is 2. The average Bonchev–Trinajstić information content (AvgIpc) is 2.42. The minimum Gasteiger partial charge on any atom is -0.326 e. The van der Waals surface area contributed by atoms with Crippen molar-refractivity contribution in [1.29, 1.82) is 0 Å². The van der Waals surface area contributed by atoms with Gasteiger partial charge in [-0.1, -0.05) is 23.7 Å². The lowest BCUT2D eigenvalue weighted by atomic mass is 10.2. The predicted molar refractivity (Wildman–Crippen MR) is 89.6 cm³/mol. The summed E-state index contributed by atoms with van der Waals surface area (Å²) in [5.74, 6) is -0.170. The van der Waals surface area contributed by atoms with E-state index in [9.17, 15) is 9.59 Å². The van der Waals surface area contributed by atoms with Crippen LogP contribution in [-0.4, -0.2) is 11.9 Å². The van der Waals surface area contributed by atoms with E-state index in [1.165, 1.54) is 6.92 Å². The first-order chi connectivity index (χ1) is 10.4. The molecule has 5 nitrogen and oxygen atoms in total. The molecule has 6 heteroatoms. The first-order valence-corrected chi connectivity index (χ1v) is 7.03. The summed E-state index contributed by atoms with van der Waals surface area (Å²) in [5, 5.41) is 8.65. The summed E-state index contributed by atoms with van der Waals surface area (Å²) in [4.78, 5) is 23.1. The lowest BCUT2D eigenvalue weighted by molar-refractivity contribution is -0.114. The predicted octanol–water partition coefficient (Wildman–Crippen LogP) is 4.25. The number of halogens is 1. The van der Waals surface area contributed by atoms with Crippen molar-refractivity contribution in [2.24, 2.45) is 0 Å². The third kappa shape index (κ3) is 4.49. The first kappa shape index (κ1) is 15.9. The topological polar surface area (TPSA) is 70.2 Å². The van der Waals surface area contributed by atoms with Gasteiger partial charge in [0.2, 0.25) is 5.91 Å². The molecule has 0 atom stereocenters. The fourth-order valence-electron chi connectivity index (χ4n) is 1.89. The van der Waals surface area contributed by atoms with Crippen LogP contribution in [0, 0.1) is 6.92 Å². The maximum atomic E-state index is 12.0. The Hall–Kier alpha value is -2.53. The van der Waals surface area contributed by atoms with E-state index < -0.39 is 0 Å². The van der Waals surface area contributed by atoms with E-state index in [1.54, 1.807) is 36.4 Å². The fraction of sp³-hybridized carbons (Fsp3) is 0.125. The standard InChI is InChI=1S/C16H16ClN3O2/c1-10-6-7-12(17)8-15(10)20-16(22)19-14-5-3-4-13(9-14)18-11(2)21/h3-9H,1-2H3,(H,18,21)(H2,19,20,22). The molecule has 2 rings (SSSR count). The van der Waals surface area contributed by atoms with Gasteiger partial charge in [0.15, 0.2) is 0 Å². The highest BCUT2D eigenvalue weighted by molar-refractivity contribution is 6.31. The Kier molecular flexibility index (Phi) is 5.01. The van der Waals surface area contributed by atoms with Gasteiger partial charge in [0.1, 0.15) is 0 Å². The summed E-state index contributed by atoms with van der Waals surface area (Å²) >= 11 is 5.92. The van der Waals surface area contributed by atoms with E-state index in [0.717, 1.165) is 5.56 Å². The van der Waals surface area contributed by atoms with Crippen molar-refractivity contribution >= 4 is 40.6 Å². The van der Waals surface area contributed by atoms with E-state index in [0.29, 0.717) is 22.1 Å². The molecule has 0 spiro atoms. The Morgan fingerprint density at radius 3 is 2.32 bits per heavy atom. The maximum absolute atomic E-state index is 12.0. The SMILES string of the molecule is CC(=O)Nc1cccc(NC(=O)Nc2cc(Cl)ccc2C)c1. The molecular formula is C16H16ClN3O2. The normalized spacial score (nSPS) is 9.95. The van der Waals surface area contributed by atoms with Gasteiger partial charge in [0.25, 0.3) is 0 Å². The quantitative estimate of drug-likeness (QED) is 0.792. The summed E-state index contributed by atoms with van der Waals surface area (Å²) in [6, 6.07) is 11.8. The van der Waals surface area contributed by atoms with Crippen molar-refractivity contribution in [3.05, 3.63) is 53.1 Å². The number of urea groups is 1. The van der Waals surface area contributed by atoms with Gasteiger partial charge in [0.05, 0.1) is 0 Å². The van der Waals surface area contributed by atoms with Gasteiger partial charge in [-0.2, -0.15) is 0 Å². The van der Waals surface area contributed by atoms with Crippen molar-refractivity contribution in [3.8, 4) is 0 Å². The molecule has 0 aliphatic carbocycles. The number of nitrogens with one attached hydrogen (secondary N) is 3. The van der Waals surface area contributed by atoms with Gasteiger partial charge in [-0.05, 0) is 42.8 Å². The highest BCUT2D eigenvalue weighted by Gasteiger charge is 2.06. The van der Waals surface area contributed by atoms with Crippen LogP contribution in [-0.2, 0) is 4.79 Å². The smallest absolute Gasteiger partial charge is 0.323 e. The summed E-state index contributed by atoms with van der Waals surface area (Å²) < 4.78 is 0. The van der Waals surface area contributed by atoms with Crippen LogP contribution in [0.2, 0.25) is 5.02 Å². The fourth-order valence-corrected chi connectivity index (χ4v) is 2.06. The van der Waals surface area contributed by atoms with Crippen molar-refractivity contribution in [2.75, 3.05) is 16.0 Å². The molecule has 0 bridgehead atoms. The number of amides is 3. The third-order valence-electron chi connectivity index (χ3n) is 2.89. The Bertz CT molecular complexity index is 716. The van der Waals surface area contributed by atoms with E-state index in [2.05, 4.69) is 16.0 Å². The minimum atomic E-state index is -0.384. The number of carbonyl (C=O) groups is 2. The van der Waals surface area contributed by atoms with Gasteiger partial charge in [-0.3, -0.25) is 4.79 Å². The molecule has 0 aliphatic heterocycles. The molecule has 0 fully saturated rings. The Morgan fingerprint density at radius 2 is 1.64 bits per heavy atom. The average molecular weight is 318 g/mol. The number of aryl methyl sites for hydroxylation is 1. The number of rotatable bonds is 3. The van der Waals surface area contributed by atoms with E-state index in [1.807, 2.05) is 13.0 Å². The lowest BCUT2D eigenvalue weighted by Gasteiger charge is -2.11.